The lowest BCUT2D eigenvalue weighted by Crippen LogP contribution is -2.23. The zero-order valence-electron chi connectivity index (χ0n) is 7.04. The molecule has 3 N–H and O–H groups in total. The summed E-state index contributed by atoms with van der Waals surface area (Å²) in [6.45, 7) is 3.80. The van der Waals surface area contributed by atoms with Crippen molar-refractivity contribution in [3.63, 3.8) is 0 Å². The van der Waals surface area contributed by atoms with Crippen molar-refractivity contribution in [1.82, 2.24) is 0 Å². The third-order valence-electron chi connectivity index (χ3n) is 1.60. The summed E-state index contributed by atoms with van der Waals surface area (Å²) in [5.41, 5.74) is 5.58. The fraction of sp³-hybridized carbons (Fsp3) is 0.500. The monoisotopic (exact) mass is 249 g/mol. The quantitative estimate of drug-likeness (QED) is 0.845. The highest BCUT2D eigenvalue weighted by Gasteiger charge is 2.17. The second-order valence-electron chi connectivity index (χ2n) is 2.87. The summed E-state index contributed by atoms with van der Waals surface area (Å²) in [7, 11) is 0. The minimum Gasteiger partial charge on any atom is -0.386 e. The number of thiophene rings is 1. The number of aliphatic hydroxyl groups excluding tert-OH is 1. The molecule has 0 aromatic carbocycles. The SMILES string of the molecule is Cc1cc(Br)c(C(O)C(C)N)s1. The molecule has 0 bridgehead atoms. The molecule has 1 aromatic heterocycles. The first-order chi connectivity index (χ1) is 5.52. The van der Waals surface area contributed by atoms with Gasteiger partial charge in [0.15, 0.2) is 0 Å². The van der Waals surface area contributed by atoms with Gasteiger partial charge < -0.3 is 10.8 Å². The van der Waals surface area contributed by atoms with Crippen LogP contribution in [0.3, 0.4) is 0 Å². The molecule has 1 rings (SSSR count). The molecule has 1 aromatic rings. The Hall–Kier alpha value is 0.1000. The molecule has 0 saturated carbocycles. The van der Waals surface area contributed by atoms with Crippen LogP contribution in [-0.4, -0.2) is 11.1 Å². The maximum Gasteiger partial charge on any atom is 0.104 e. The van der Waals surface area contributed by atoms with Crippen LogP contribution in [0.25, 0.3) is 0 Å². The van der Waals surface area contributed by atoms with Crippen LogP contribution in [0.15, 0.2) is 10.5 Å². The molecule has 0 aliphatic carbocycles. The third kappa shape index (κ3) is 2.07. The highest BCUT2D eigenvalue weighted by molar-refractivity contribution is 9.10. The third-order valence-corrected chi connectivity index (χ3v) is 3.64. The summed E-state index contributed by atoms with van der Waals surface area (Å²) in [4.78, 5) is 2.10. The van der Waals surface area contributed by atoms with Crippen molar-refractivity contribution in [3.8, 4) is 0 Å². The molecule has 0 aliphatic heterocycles. The first kappa shape index (κ1) is 10.2. The van der Waals surface area contributed by atoms with Gasteiger partial charge in [-0.2, -0.15) is 0 Å². The summed E-state index contributed by atoms with van der Waals surface area (Å²) in [5, 5.41) is 9.65. The Balaban J connectivity index is 2.94. The number of hydrogen-bond acceptors (Lipinski definition) is 3. The average molecular weight is 250 g/mol. The van der Waals surface area contributed by atoms with Crippen molar-refractivity contribution in [2.75, 3.05) is 0 Å². The second kappa shape index (κ2) is 3.87. The highest BCUT2D eigenvalue weighted by Crippen LogP contribution is 2.32. The van der Waals surface area contributed by atoms with E-state index in [2.05, 4.69) is 15.9 Å². The van der Waals surface area contributed by atoms with Gasteiger partial charge >= 0.3 is 0 Å². The molecule has 12 heavy (non-hydrogen) atoms. The molecule has 0 spiro atoms. The molecule has 2 nitrogen and oxygen atoms in total. The van der Waals surface area contributed by atoms with Gasteiger partial charge in [-0.1, -0.05) is 0 Å². The average Bonchev–Trinajstić information content (AvgIpc) is 2.28. The fourth-order valence-corrected chi connectivity index (χ4v) is 2.93. The molecule has 0 fully saturated rings. The van der Waals surface area contributed by atoms with Gasteiger partial charge in [-0.05, 0) is 35.8 Å². The second-order valence-corrected chi connectivity index (χ2v) is 5.02. The number of aliphatic hydroxyl groups is 1. The molecular formula is C8H12BrNOS. The number of nitrogens with two attached hydrogens (primary N) is 1. The van der Waals surface area contributed by atoms with Crippen molar-refractivity contribution < 1.29 is 5.11 Å². The molecule has 0 radical (unpaired) electrons. The number of hydrogen-bond donors (Lipinski definition) is 2. The van der Waals surface area contributed by atoms with Crippen molar-refractivity contribution in [1.29, 1.82) is 0 Å². The molecule has 68 valence electrons. The van der Waals surface area contributed by atoms with Gasteiger partial charge in [0.25, 0.3) is 0 Å². The number of aryl methyl sites for hydroxylation is 1. The molecule has 2 atom stereocenters. The van der Waals surface area contributed by atoms with Crippen LogP contribution in [0, 0.1) is 6.92 Å². The predicted octanol–water partition coefficient (Wildman–Crippen LogP) is 2.20. The first-order valence-corrected chi connectivity index (χ1v) is 5.32. The van der Waals surface area contributed by atoms with Gasteiger partial charge in [-0.25, -0.2) is 0 Å². The van der Waals surface area contributed by atoms with Crippen LogP contribution >= 0.6 is 27.3 Å². The molecular weight excluding hydrogens is 238 g/mol. The number of rotatable bonds is 2. The summed E-state index contributed by atoms with van der Waals surface area (Å²) < 4.78 is 0.954. The van der Waals surface area contributed by atoms with Gasteiger partial charge in [-0.3, -0.25) is 0 Å². The summed E-state index contributed by atoms with van der Waals surface area (Å²) in [6, 6.07) is 1.77. The minimum atomic E-state index is -0.557. The lowest BCUT2D eigenvalue weighted by Gasteiger charge is -2.12. The Morgan fingerprint density at radius 3 is 2.58 bits per heavy atom. The largest absolute Gasteiger partial charge is 0.386 e. The smallest absolute Gasteiger partial charge is 0.104 e. The van der Waals surface area contributed by atoms with Crippen molar-refractivity contribution >= 4 is 27.3 Å². The van der Waals surface area contributed by atoms with Gasteiger partial charge in [0.2, 0.25) is 0 Å². The van der Waals surface area contributed by atoms with Gasteiger partial charge in [-0.15, -0.1) is 11.3 Å². The van der Waals surface area contributed by atoms with Gasteiger partial charge in [0, 0.05) is 20.3 Å². The van der Waals surface area contributed by atoms with Crippen LogP contribution in [0.5, 0.6) is 0 Å². The van der Waals surface area contributed by atoms with Crippen molar-refractivity contribution in [2.24, 2.45) is 5.73 Å². The van der Waals surface area contributed by atoms with E-state index in [1.807, 2.05) is 13.0 Å². The zero-order chi connectivity index (χ0) is 9.30. The van der Waals surface area contributed by atoms with Crippen LogP contribution in [0.2, 0.25) is 0 Å². The van der Waals surface area contributed by atoms with Gasteiger partial charge in [0.05, 0.1) is 0 Å². The fourth-order valence-electron chi connectivity index (χ4n) is 0.942. The van der Waals surface area contributed by atoms with E-state index in [1.165, 1.54) is 4.88 Å². The summed E-state index contributed by atoms with van der Waals surface area (Å²) in [6.07, 6.45) is -0.557. The highest BCUT2D eigenvalue weighted by atomic mass is 79.9. The topological polar surface area (TPSA) is 46.2 Å². The zero-order valence-corrected chi connectivity index (χ0v) is 9.45. The Labute approximate surface area is 84.5 Å². The molecule has 0 saturated heterocycles. The Morgan fingerprint density at radius 2 is 2.25 bits per heavy atom. The Bertz CT molecular complexity index is 272. The van der Waals surface area contributed by atoms with E-state index >= 15 is 0 Å². The maximum atomic E-state index is 9.65. The summed E-state index contributed by atoms with van der Waals surface area (Å²) in [5.74, 6) is 0. The maximum absolute atomic E-state index is 9.65. The molecule has 0 aliphatic rings. The normalized spacial score (nSPS) is 16.1. The van der Waals surface area contributed by atoms with Crippen LogP contribution in [0.1, 0.15) is 22.8 Å². The van der Waals surface area contributed by atoms with E-state index in [0.717, 1.165) is 9.35 Å². The van der Waals surface area contributed by atoms with E-state index in [-0.39, 0.29) is 6.04 Å². The summed E-state index contributed by atoms with van der Waals surface area (Å²) >= 11 is 4.95. The molecule has 0 amide bonds. The molecule has 4 heteroatoms. The van der Waals surface area contributed by atoms with Gasteiger partial charge in [0.1, 0.15) is 6.10 Å². The van der Waals surface area contributed by atoms with Crippen LogP contribution in [-0.2, 0) is 0 Å². The predicted molar refractivity (Wildman–Crippen MR) is 55.4 cm³/mol. The van der Waals surface area contributed by atoms with Crippen molar-refractivity contribution in [2.45, 2.75) is 26.0 Å². The standard InChI is InChI=1S/C8H12BrNOS/c1-4-3-6(9)8(12-4)7(11)5(2)10/h3,5,7,11H,10H2,1-2H3. The van der Waals surface area contributed by atoms with E-state index in [4.69, 9.17) is 5.73 Å². The van der Waals surface area contributed by atoms with Crippen LogP contribution in [0.4, 0.5) is 0 Å². The van der Waals surface area contributed by atoms with Crippen LogP contribution < -0.4 is 5.73 Å². The van der Waals surface area contributed by atoms with Crippen molar-refractivity contribution in [3.05, 3.63) is 20.3 Å². The Morgan fingerprint density at radius 1 is 1.67 bits per heavy atom. The Kier molecular flexibility index (Phi) is 3.29. The van der Waals surface area contributed by atoms with E-state index in [1.54, 1.807) is 18.3 Å². The van der Waals surface area contributed by atoms with E-state index in [0.29, 0.717) is 0 Å². The van der Waals surface area contributed by atoms with E-state index < -0.39 is 6.10 Å². The molecule has 1 heterocycles. The lowest BCUT2D eigenvalue weighted by atomic mass is 10.2. The minimum absolute atomic E-state index is 0.223. The first-order valence-electron chi connectivity index (χ1n) is 3.72. The van der Waals surface area contributed by atoms with E-state index in [9.17, 15) is 5.11 Å². The molecule has 2 unspecified atom stereocenters. The lowest BCUT2D eigenvalue weighted by molar-refractivity contribution is 0.156. The number of halogens is 1.